The Kier molecular flexibility index (Phi) is 2.94. The molecule has 1 heterocycles. The van der Waals surface area contributed by atoms with Gasteiger partial charge in [-0.05, 0) is 71.4 Å². The molecule has 0 spiro atoms. The van der Waals surface area contributed by atoms with Crippen LogP contribution < -0.4 is 5.56 Å². The Balaban J connectivity index is 2.36. The van der Waals surface area contributed by atoms with Crippen molar-refractivity contribution in [3.05, 3.63) is 37.8 Å². The smallest absolute Gasteiger partial charge is 0.262 e. The van der Waals surface area contributed by atoms with Gasteiger partial charge in [0.15, 0.2) is 0 Å². The van der Waals surface area contributed by atoms with Crippen LogP contribution in [0, 0.1) is 6.92 Å². The number of benzene rings is 1. The minimum atomic E-state index is -0.0286. The van der Waals surface area contributed by atoms with Gasteiger partial charge < -0.3 is 0 Å². The Morgan fingerprint density at radius 1 is 1.44 bits per heavy atom. The van der Waals surface area contributed by atoms with E-state index in [0.29, 0.717) is 16.2 Å². The molecule has 1 aliphatic carbocycles. The van der Waals surface area contributed by atoms with Gasteiger partial charge in [0, 0.05) is 10.5 Å². The molecule has 18 heavy (non-hydrogen) atoms. The number of fused-ring (bicyclic) bond motifs is 1. The molecule has 0 unspecified atom stereocenters. The molecule has 1 aromatic carbocycles. The lowest BCUT2D eigenvalue weighted by Gasteiger charge is -2.28. The Bertz CT molecular complexity index is 691. The number of aromatic nitrogens is 2. The van der Waals surface area contributed by atoms with Crippen LogP contribution >= 0.6 is 27.5 Å². The summed E-state index contributed by atoms with van der Waals surface area (Å²) in [6, 6.07) is 4.04. The predicted octanol–water partition coefficient (Wildman–Crippen LogP) is 3.85. The number of nitrogens with zero attached hydrogens (tertiary/aromatic N) is 2. The second-order valence-electron chi connectivity index (χ2n) is 4.78. The van der Waals surface area contributed by atoms with Crippen LogP contribution in [-0.4, -0.2) is 9.55 Å². The van der Waals surface area contributed by atoms with Crippen molar-refractivity contribution in [2.45, 2.75) is 32.2 Å². The fourth-order valence-electron chi connectivity index (χ4n) is 2.33. The van der Waals surface area contributed by atoms with Crippen LogP contribution in [0.15, 0.2) is 21.4 Å². The van der Waals surface area contributed by atoms with E-state index in [1.165, 1.54) is 0 Å². The van der Waals surface area contributed by atoms with Crippen LogP contribution in [0.5, 0.6) is 0 Å². The van der Waals surface area contributed by atoms with Gasteiger partial charge in [-0.15, -0.1) is 0 Å². The SMILES string of the molecule is Cc1cc(Br)c2nc(Cl)n(C3CCC3)c(=O)c2c1. The first-order valence-corrected chi connectivity index (χ1v) is 7.13. The van der Waals surface area contributed by atoms with E-state index in [0.717, 1.165) is 29.3 Å². The lowest BCUT2D eigenvalue weighted by molar-refractivity contribution is 0.305. The summed E-state index contributed by atoms with van der Waals surface area (Å²) < 4.78 is 2.46. The molecule has 94 valence electrons. The molecule has 0 bridgehead atoms. The maximum absolute atomic E-state index is 12.5. The molecule has 0 amide bonds. The highest BCUT2D eigenvalue weighted by Gasteiger charge is 2.24. The fraction of sp³-hybridized carbons (Fsp3) is 0.385. The van der Waals surface area contributed by atoms with E-state index in [4.69, 9.17) is 11.6 Å². The van der Waals surface area contributed by atoms with Crippen molar-refractivity contribution in [3.63, 3.8) is 0 Å². The average Bonchev–Trinajstić information content (AvgIpc) is 2.23. The summed E-state index contributed by atoms with van der Waals surface area (Å²) in [6.45, 7) is 1.96. The van der Waals surface area contributed by atoms with E-state index < -0.39 is 0 Å². The Morgan fingerprint density at radius 2 is 2.17 bits per heavy atom. The zero-order chi connectivity index (χ0) is 12.9. The number of halogens is 2. The van der Waals surface area contributed by atoms with E-state index in [2.05, 4.69) is 20.9 Å². The third-order valence-electron chi connectivity index (χ3n) is 3.50. The normalized spacial score (nSPS) is 15.9. The topological polar surface area (TPSA) is 34.9 Å². The minimum Gasteiger partial charge on any atom is -0.280 e. The van der Waals surface area contributed by atoms with Crippen molar-refractivity contribution < 1.29 is 0 Å². The van der Waals surface area contributed by atoms with E-state index in [9.17, 15) is 4.79 Å². The Hall–Kier alpha value is -0.870. The summed E-state index contributed by atoms with van der Waals surface area (Å²) in [5.41, 5.74) is 1.65. The molecule has 0 aliphatic heterocycles. The second-order valence-corrected chi connectivity index (χ2v) is 5.98. The van der Waals surface area contributed by atoms with Gasteiger partial charge in [0.25, 0.3) is 5.56 Å². The molecular formula is C13H12BrClN2O. The predicted molar refractivity (Wildman–Crippen MR) is 76.3 cm³/mol. The summed E-state index contributed by atoms with van der Waals surface area (Å²) in [6.07, 6.45) is 3.18. The lowest BCUT2D eigenvalue weighted by atomic mass is 9.93. The highest BCUT2D eigenvalue weighted by Crippen LogP contribution is 2.33. The molecule has 5 heteroatoms. The summed E-state index contributed by atoms with van der Waals surface area (Å²) in [5, 5.41) is 0.930. The van der Waals surface area contributed by atoms with Gasteiger partial charge in [0.2, 0.25) is 5.28 Å². The van der Waals surface area contributed by atoms with E-state index >= 15 is 0 Å². The van der Waals surface area contributed by atoms with E-state index in [1.807, 2.05) is 19.1 Å². The molecule has 3 rings (SSSR count). The Labute approximate surface area is 118 Å². The summed E-state index contributed by atoms with van der Waals surface area (Å²) >= 11 is 9.60. The van der Waals surface area contributed by atoms with Gasteiger partial charge in [-0.3, -0.25) is 9.36 Å². The van der Waals surface area contributed by atoms with Crippen LogP contribution in [0.25, 0.3) is 10.9 Å². The van der Waals surface area contributed by atoms with Crippen molar-refractivity contribution in [3.8, 4) is 0 Å². The van der Waals surface area contributed by atoms with Gasteiger partial charge in [0.1, 0.15) is 0 Å². The van der Waals surface area contributed by atoms with Crippen LogP contribution in [-0.2, 0) is 0 Å². The fourth-order valence-corrected chi connectivity index (χ4v) is 3.29. The summed E-state index contributed by atoms with van der Waals surface area (Å²) in [5.74, 6) is 0. The zero-order valence-electron chi connectivity index (χ0n) is 9.91. The minimum absolute atomic E-state index is 0.0286. The van der Waals surface area contributed by atoms with Crippen molar-refractivity contribution in [1.29, 1.82) is 0 Å². The van der Waals surface area contributed by atoms with Crippen molar-refractivity contribution in [2.75, 3.05) is 0 Å². The maximum Gasteiger partial charge on any atom is 0.262 e. The largest absolute Gasteiger partial charge is 0.280 e. The van der Waals surface area contributed by atoms with Crippen molar-refractivity contribution in [2.24, 2.45) is 0 Å². The molecule has 3 nitrogen and oxygen atoms in total. The molecule has 2 aromatic rings. The number of hydrogen-bond acceptors (Lipinski definition) is 2. The molecule has 0 atom stereocenters. The van der Waals surface area contributed by atoms with Crippen LogP contribution in [0.1, 0.15) is 30.9 Å². The Morgan fingerprint density at radius 3 is 2.78 bits per heavy atom. The summed E-state index contributed by atoms with van der Waals surface area (Å²) in [7, 11) is 0. The number of rotatable bonds is 1. The number of hydrogen-bond donors (Lipinski definition) is 0. The molecular weight excluding hydrogens is 316 g/mol. The molecule has 1 fully saturated rings. The second kappa shape index (κ2) is 4.35. The summed E-state index contributed by atoms with van der Waals surface area (Å²) in [4.78, 5) is 16.9. The molecule has 0 N–H and O–H groups in total. The highest BCUT2D eigenvalue weighted by atomic mass is 79.9. The van der Waals surface area contributed by atoms with E-state index in [1.54, 1.807) is 4.57 Å². The molecule has 0 saturated heterocycles. The number of aryl methyl sites for hydroxylation is 1. The first-order chi connectivity index (χ1) is 8.58. The van der Waals surface area contributed by atoms with Crippen molar-refractivity contribution >= 4 is 38.4 Å². The first-order valence-electron chi connectivity index (χ1n) is 5.96. The van der Waals surface area contributed by atoms with Crippen molar-refractivity contribution in [1.82, 2.24) is 9.55 Å². The van der Waals surface area contributed by atoms with Crippen LogP contribution in [0.3, 0.4) is 0 Å². The maximum atomic E-state index is 12.5. The monoisotopic (exact) mass is 326 g/mol. The lowest BCUT2D eigenvalue weighted by Crippen LogP contribution is -2.30. The van der Waals surface area contributed by atoms with Gasteiger partial charge >= 0.3 is 0 Å². The van der Waals surface area contributed by atoms with Gasteiger partial charge in [0.05, 0.1) is 10.9 Å². The van der Waals surface area contributed by atoms with Crippen LogP contribution in [0.2, 0.25) is 5.28 Å². The van der Waals surface area contributed by atoms with Crippen LogP contribution in [0.4, 0.5) is 0 Å². The van der Waals surface area contributed by atoms with E-state index in [-0.39, 0.29) is 11.6 Å². The quantitative estimate of drug-likeness (QED) is 0.746. The van der Waals surface area contributed by atoms with Gasteiger partial charge in [-0.25, -0.2) is 4.98 Å². The molecule has 1 aromatic heterocycles. The third-order valence-corrected chi connectivity index (χ3v) is 4.37. The zero-order valence-corrected chi connectivity index (χ0v) is 12.3. The van der Waals surface area contributed by atoms with Gasteiger partial charge in [-0.2, -0.15) is 0 Å². The highest BCUT2D eigenvalue weighted by molar-refractivity contribution is 9.10. The van der Waals surface area contributed by atoms with Gasteiger partial charge in [-0.1, -0.05) is 0 Å². The first kappa shape index (κ1) is 12.2. The molecule has 0 radical (unpaired) electrons. The molecule has 1 saturated carbocycles. The standard InChI is InChI=1S/C13H12BrClN2O/c1-7-5-9-11(10(14)6-7)16-13(15)17(12(9)18)8-3-2-4-8/h5-6,8H,2-4H2,1H3. The third kappa shape index (κ3) is 1.79. The average molecular weight is 328 g/mol. The molecule has 1 aliphatic rings.